The normalized spacial score (nSPS) is 10.5. The summed E-state index contributed by atoms with van der Waals surface area (Å²) in [5.41, 5.74) is 2.78. The molecule has 0 amide bonds. The van der Waals surface area contributed by atoms with Crippen LogP contribution in [0.4, 0.5) is 0 Å². The highest BCUT2D eigenvalue weighted by atomic mass is 16.5. The molecule has 3 aromatic carbocycles. The van der Waals surface area contributed by atoms with E-state index in [2.05, 4.69) is 0 Å². The predicted octanol–water partition coefficient (Wildman–Crippen LogP) is 4.72. The molecule has 0 bridgehead atoms. The number of Topliss-reactive ketones (excluding diaryl/α,β-unsaturated/α-hetero) is 1. The Bertz CT molecular complexity index is 855. The zero-order valence-corrected chi connectivity index (χ0v) is 16.0. The van der Waals surface area contributed by atoms with Gasteiger partial charge in [0.2, 0.25) is 0 Å². The number of carbonyl (C=O) groups is 1. The zero-order valence-electron chi connectivity index (χ0n) is 16.0. The Balaban J connectivity index is 1.41. The smallest absolute Gasteiger partial charge is 0.167 e. The van der Waals surface area contributed by atoms with Crippen molar-refractivity contribution in [1.29, 1.82) is 0 Å². The molecule has 0 heterocycles. The highest BCUT2D eigenvalue weighted by Gasteiger charge is 2.07. The van der Waals surface area contributed by atoms with Gasteiger partial charge in [0.15, 0.2) is 5.78 Å². The van der Waals surface area contributed by atoms with Gasteiger partial charge in [0.05, 0.1) is 20.3 Å². The van der Waals surface area contributed by atoms with E-state index in [0.29, 0.717) is 31.8 Å². The third kappa shape index (κ3) is 5.96. The lowest BCUT2D eigenvalue weighted by molar-refractivity contribution is 0.0889. The minimum atomic E-state index is 0.0747. The lowest BCUT2D eigenvalue weighted by Crippen LogP contribution is -2.07. The molecule has 0 aliphatic rings. The third-order valence-electron chi connectivity index (χ3n) is 4.31. The van der Waals surface area contributed by atoms with Crippen LogP contribution in [-0.4, -0.2) is 26.1 Å². The van der Waals surface area contributed by atoms with Crippen LogP contribution in [0.15, 0.2) is 78.9 Å². The van der Waals surface area contributed by atoms with Crippen LogP contribution in [0, 0.1) is 0 Å². The summed E-state index contributed by atoms with van der Waals surface area (Å²) >= 11 is 0. The molecular weight excluding hydrogens is 352 g/mol. The lowest BCUT2D eigenvalue weighted by atomic mass is 10.0. The van der Waals surface area contributed by atoms with E-state index < -0.39 is 0 Å². The first-order valence-corrected chi connectivity index (χ1v) is 9.25. The van der Waals surface area contributed by atoms with Crippen LogP contribution < -0.4 is 9.47 Å². The number of ether oxygens (including phenoxy) is 3. The Labute approximate surface area is 165 Å². The second kappa shape index (κ2) is 10.3. The first-order chi connectivity index (χ1) is 13.7. The van der Waals surface area contributed by atoms with E-state index in [-0.39, 0.29) is 5.78 Å². The summed E-state index contributed by atoms with van der Waals surface area (Å²) in [5, 5.41) is 0. The quantitative estimate of drug-likeness (QED) is 0.379. The van der Waals surface area contributed by atoms with Crippen LogP contribution in [0.5, 0.6) is 11.5 Å². The topological polar surface area (TPSA) is 44.8 Å². The minimum absolute atomic E-state index is 0.0747. The van der Waals surface area contributed by atoms with Crippen LogP contribution in [0.1, 0.15) is 21.5 Å². The number of rotatable bonds is 10. The van der Waals surface area contributed by atoms with E-state index in [1.165, 1.54) is 0 Å². The van der Waals surface area contributed by atoms with Crippen LogP contribution >= 0.6 is 0 Å². The van der Waals surface area contributed by atoms with Crippen LogP contribution in [0.25, 0.3) is 0 Å². The third-order valence-corrected chi connectivity index (χ3v) is 4.31. The molecule has 0 saturated carbocycles. The monoisotopic (exact) mass is 376 g/mol. The van der Waals surface area contributed by atoms with Gasteiger partial charge in [0.25, 0.3) is 0 Å². The molecule has 28 heavy (non-hydrogen) atoms. The van der Waals surface area contributed by atoms with Crippen LogP contribution in [0.3, 0.4) is 0 Å². The number of hydrogen-bond acceptors (Lipinski definition) is 4. The van der Waals surface area contributed by atoms with Gasteiger partial charge in [-0.05, 0) is 47.5 Å². The molecule has 0 fully saturated rings. The summed E-state index contributed by atoms with van der Waals surface area (Å²) in [5.74, 6) is 1.58. The Morgan fingerprint density at radius 1 is 0.750 bits per heavy atom. The first-order valence-electron chi connectivity index (χ1n) is 9.25. The molecule has 0 radical (unpaired) electrons. The van der Waals surface area contributed by atoms with E-state index in [4.69, 9.17) is 14.2 Å². The Hall–Kier alpha value is -3.11. The van der Waals surface area contributed by atoms with Gasteiger partial charge in [-0.3, -0.25) is 4.79 Å². The van der Waals surface area contributed by atoms with Crippen molar-refractivity contribution in [2.24, 2.45) is 0 Å². The van der Waals surface area contributed by atoms with Crippen molar-refractivity contribution in [3.8, 4) is 11.5 Å². The fourth-order valence-corrected chi connectivity index (χ4v) is 2.75. The standard InChI is InChI=1S/C24H24O4/c1-26-22-13-9-21(10-14-22)24(25)17-19-7-11-23(12-8-19)28-16-15-27-18-20-5-3-2-4-6-20/h2-14H,15-18H2,1H3. The van der Waals surface area contributed by atoms with Gasteiger partial charge in [-0.15, -0.1) is 0 Å². The zero-order chi connectivity index (χ0) is 19.6. The van der Waals surface area contributed by atoms with Crippen molar-refractivity contribution in [2.75, 3.05) is 20.3 Å². The average Bonchev–Trinajstić information content (AvgIpc) is 2.75. The summed E-state index contributed by atoms with van der Waals surface area (Å²) in [6, 6.07) is 24.8. The van der Waals surface area contributed by atoms with Gasteiger partial charge in [0, 0.05) is 12.0 Å². The Kier molecular flexibility index (Phi) is 7.21. The molecule has 4 nitrogen and oxygen atoms in total. The van der Waals surface area contributed by atoms with Gasteiger partial charge in [-0.25, -0.2) is 0 Å². The molecular formula is C24H24O4. The van der Waals surface area contributed by atoms with Crippen molar-refractivity contribution in [2.45, 2.75) is 13.0 Å². The molecule has 0 aliphatic heterocycles. The molecule has 0 spiro atoms. The molecule has 0 aromatic heterocycles. The molecule has 4 heteroatoms. The van der Waals surface area contributed by atoms with Gasteiger partial charge >= 0.3 is 0 Å². The number of benzene rings is 3. The number of ketones is 1. The van der Waals surface area contributed by atoms with E-state index in [1.54, 1.807) is 31.4 Å². The molecule has 0 aliphatic carbocycles. The second-order valence-corrected chi connectivity index (χ2v) is 6.36. The van der Waals surface area contributed by atoms with E-state index in [0.717, 1.165) is 22.6 Å². The second-order valence-electron chi connectivity index (χ2n) is 6.36. The number of carbonyl (C=O) groups excluding carboxylic acids is 1. The highest BCUT2D eigenvalue weighted by molar-refractivity contribution is 5.97. The highest BCUT2D eigenvalue weighted by Crippen LogP contribution is 2.16. The van der Waals surface area contributed by atoms with E-state index in [9.17, 15) is 4.79 Å². The fourth-order valence-electron chi connectivity index (χ4n) is 2.75. The number of methoxy groups -OCH3 is 1. The molecule has 144 valence electrons. The summed E-state index contributed by atoms with van der Waals surface area (Å²) in [6.07, 6.45) is 0.354. The van der Waals surface area contributed by atoms with Gasteiger partial charge in [0.1, 0.15) is 18.1 Å². The van der Waals surface area contributed by atoms with Crippen molar-refractivity contribution >= 4 is 5.78 Å². The summed E-state index contributed by atoms with van der Waals surface area (Å²) in [6.45, 7) is 1.58. The van der Waals surface area contributed by atoms with Crippen LogP contribution in [0.2, 0.25) is 0 Å². The molecule has 3 rings (SSSR count). The summed E-state index contributed by atoms with van der Waals surface area (Å²) in [4.78, 5) is 12.4. The van der Waals surface area contributed by atoms with Crippen molar-refractivity contribution in [1.82, 2.24) is 0 Å². The Morgan fingerprint density at radius 2 is 1.43 bits per heavy atom. The maximum absolute atomic E-state index is 12.4. The summed E-state index contributed by atoms with van der Waals surface area (Å²) < 4.78 is 16.4. The van der Waals surface area contributed by atoms with Gasteiger partial charge < -0.3 is 14.2 Å². The first kappa shape index (κ1) is 19.6. The minimum Gasteiger partial charge on any atom is -0.497 e. The Morgan fingerprint density at radius 3 is 2.11 bits per heavy atom. The molecule has 0 unspecified atom stereocenters. The van der Waals surface area contributed by atoms with Crippen molar-refractivity contribution in [3.63, 3.8) is 0 Å². The lowest BCUT2D eigenvalue weighted by Gasteiger charge is -2.08. The number of hydrogen-bond donors (Lipinski definition) is 0. The maximum Gasteiger partial charge on any atom is 0.167 e. The molecule has 3 aromatic rings. The summed E-state index contributed by atoms with van der Waals surface area (Å²) in [7, 11) is 1.61. The van der Waals surface area contributed by atoms with E-state index in [1.807, 2.05) is 54.6 Å². The molecule has 0 atom stereocenters. The van der Waals surface area contributed by atoms with Crippen molar-refractivity contribution < 1.29 is 19.0 Å². The van der Waals surface area contributed by atoms with Gasteiger partial charge in [-0.1, -0.05) is 42.5 Å². The average molecular weight is 376 g/mol. The van der Waals surface area contributed by atoms with E-state index >= 15 is 0 Å². The molecule has 0 saturated heterocycles. The fraction of sp³-hybridized carbons (Fsp3) is 0.208. The van der Waals surface area contributed by atoms with Crippen molar-refractivity contribution in [3.05, 3.63) is 95.6 Å². The maximum atomic E-state index is 12.4. The largest absolute Gasteiger partial charge is 0.497 e. The predicted molar refractivity (Wildman–Crippen MR) is 109 cm³/mol. The van der Waals surface area contributed by atoms with Gasteiger partial charge in [-0.2, -0.15) is 0 Å². The SMILES string of the molecule is COc1ccc(C(=O)Cc2ccc(OCCOCc3ccccc3)cc2)cc1. The van der Waals surface area contributed by atoms with Crippen LogP contribution in [-0.2, 0) is 17.8 Å². The molecule has 0 N–H and O–H groups in total.